The van der Waals surface area contributed by atoms with Gasteiger partial charge in [0.05, 0.1) is 5.69 Å². The molecule has 3 heteroatoms. The van der Waals surface area contributed by atoms with E-state index >= 15 is 0 Å². The fraction of sp³-hybridized carbons (Fsp3) is 0.700. The van der Waals surface area contributed by atoms with Crippen LogP contribution in [0.15, 0.2) is 0 Å². The van der Waals surface area contributed by atoms with Gasteiger partial charge in [-0.15, -0.1) is 0 Å². The Bertz CT molecular complexity index is 279. The van der Waals surface area contributed by atoms with Crippen molar-refractivity contribution in [3.05, 3.63) is 17.0 Å². The van der Waals surface area contributed by atoms with Crippen LogP contribution < -0.4 is 0 Å². The number of aliphatic hydroxyl groups excluding tert-OH is 1. The predicted molar refractivity (Wildman–Crippen MR) is 52.5 cm³/mol. The van der Waals surface area contributed by atoms with Gasteiger partial charge in [-0.05, 0) is 32.3 Å². The van der Waals surface area contributed by atoms with Crippen molar-refractivity contribution in [3.8, 4) is 0 Å². The first-order valence-electron chi connectivity index (χ1n) is 4.84. The highest BCUT2D eigenvalue weighted by molar-refractivity contribution is 5.24. The maximum Gasteiger partial charge on any atom is 0.136 e. The normalized spacial score (nSPS) is 10.8. The molecule has 0 amide bonds. The van der Waals surface area contributed by atoms with E-state index in [2.05, 4.69) is 12.0 Å². The summed E-state index contributed by atoms with van der Waals surface area (Å²) in [5, 5.41) is 13.2. The smallest absolute Gasteiger partial charge is 0.136 e. The second-order valence-corrected chi connectivity index (χ2v) is 3.39. The Balaban J connectivity index is 2.85. The molecule has 1 N–H and O–H groups in total. The summed E-state index contributed by atoms with van der Waals surface area (Å²) in [6.07, 6.45) is 3.47. The van der Waals surface area contributed by atoms with Crippen molar-refractivity contribution in [2.24, 2.45) is 0 Å². The Kier molecular flexibility index (Phi) is 3.48. The fourth-order valence-corrected chi connectivity index (χ4v) is 1.59. The number of unbranched alkanes of at least 4 members (excludes halogenated alkanes) is 1. The van der Waals surface area contributed by atoms with E-state index in [9.17, 15) is 0 Å². The third-order valence-electron chi connectivity index (χ3n) is 2.45. The predicted octanol–water partition coefficient (Wildman–Crippen LogP) is 1.79. The van der Waals surface area contributed by atoms with E-state index in [0.29, 0.717) is 0 Å². The number of aryl methyl sites for hydroxylation is 1. The Morgan fingerprint density at radius 2 is 2.08 bits per heavy atom. The second-order valence-electron chi connectivity index (χ2n) is 3.39. The summed E-state index contributed by atoms with van der Waals surface area (Å²) in [4.78, 5) is 0. The van der Waals surface area contributed by atoms with Crippen molar-refractivity contribution in [2.45, 2.75) is 46.8 Å². The first-order chi connectivity index (χ1) is 6.20. The van der Waals surface area contributed by atoms with Gasteiger partial charge in [0.15, 0.2) is 0 Å². The lowest BCUT2D eigenvalue weighted by molar-refractivity contribution is 0.192. The number of rotatable bonds is 4. The van der Waals surface area contributed by atoms with Gasteiger partial charge in [-0.25, -0.2) is 4.68 Å². The molecule has 1 aromatic rings. The zero-order valence-electron chi connectivity index (χ0n) is 8.67. The molecule has 0 aliphatic heterocycles. The average Bonchev–Trinajstić information content (AvgIpc) is 2.39. The highest BCUT2D eigenvalue weighted by Crippen LogP contribution is 2.15. The summed E-state index contributed by atoms with van der Waals surface area (Å²) in [5.41, 5.74) is 3.46. The second kappa shape index (κ2) is 4.42. The number of hydrogen-bond acceptors (Lipinski definition) is 2. The molecule has 0 spiro atoms. The van der Waals surface area contributed by atoms with Gasteiger partial charge in [-0.2, -0.15) is 5.10 Å². The van der Waals surface area contributed by atoms with Crippen molar-refractivity contribution in [1.29, 1.82) is 0 Å². The Labute approximate surface area is 79.4 Å². The minimum absolute atomic E-state index is 0.0151. The van der Waals surface area contributed by atoms with Gasteiger partial charge in [0.25, 0.3) is 0 Å². The van der Waals surface area contributed by atoms with Crippen LogP contribution >= 0.6 is 0 Å². The molecule has 1 rings (SSSR count). The lowest BCUT2D eigenvalue weighted by Crippen LogP contribution is -2.01. The molecule has 0 radical (unpaired) electrons. The summed E-state index contributed by atoms with van der Waals surface area (Å²) >= 11 is 0. The molecule has 1 heterocycles. The zero-order chi connectivity index (χ0) is 9.84. The summed E-state index contributed by atoms with van der Waals surface area (Å²) in [7, 11) is 0. The summed E-state index contributed by atoms with van der Waals surface area (Å²) in [5.74, 6) is 0. The maximum absolute atomic E-state index is 8.98. The van der Waals surface area contributed by atoms with E-state index in [1.807, 2.05) is 13.8 Å². The Hall–Kier alpha value is -0.830. The maximum atomic E-state index is 8.98. The molecule has 0 atom stereocenters. The molecular weight excluding hydrogens is 164 g/mol. The van der Waals surface area contributed by atoms with Crippen molar-refractivity contribution in [2.75, 3.05) is 0 Å². The molecule has 0 fully saturated rings. The van der Waals surface area contributed by atoms with E-state index in [1.165, 1.54) is 18.4 Å². The minimum atomic E-state index is -0.0151. The topological polar surface area (TPSA) is 38.0 Å². The minimum Gasteiger partial charge on any atom is -0.374 e. The molecule has 1 aromatic heterocycles. The fourth-order valence-electron chi connectivity index (χ4n) is 1.59. The number of aromatic nitrogens is 2. The van der Waals surface area contributed by atoms with Gasteiger partial charge in [0, 0.05) is 5.69 Å². The SMILES string of the molecule is CCCCc1c(C)nn(CO)c1C. The van der Waals surface area contributed by atoms with Crippen LogP contribution in [0.5, 0.6) is 0 Å². The van der Waals surface area contributed by atoms with E-state index in [4.69, 9.17) is 5.11 Å². The van der Waals surface area contributed by atoms with Crippen molar-refractivity contribution >= 4 is 0 Å². The summed E-state index contributed by atoms with van der Waals surface area (Å²) in [6.45, 7) is 6.19. The molecular formula is C10H18N2O. The quantitative estimate of drug-likeness (QED) is 0.771. The van der Waals surface area contributed by atoms with Crippen LogP contribution in [0.25, 0.3) is 0 Å². The lowest BCUT2D eigenvalue weighted by atomic mass is 10.1. The van der Waals surface area contributed by atoms with Gasteiger partial charge in [-0.3, -0.25) is 0 Å². The number of aliphatic hydroxyl groups is 1. The first kappa shape index (κ1) is 10.3. The average molecular weight is 182 g/mol. The highest BCUT2D eigenvalue weighted by atomic mass is 16.3. The van der Waals surface area contributed by atoms with Gasteiger partial charge in [0.1, 0.15) is 6.73 Å². The van der Waals surface area contributed by atoms with E-state index in [-0.39, 0.29) is 6.73 Å². The standard InChI is InChI=1S/C10H18N2O/c1-4-5-6-10-8(2)11-12(7-13)9(10)3/h13H,4-7H2,1-3H3. The molecule has 0 aliphatic rings. The Morgan fingerprint density at radius 3 is 2.54 bits per heavy atom. The van der Waals surface area contributed by atoms with Gasteiger partial charge >= 0.3 is 0 Å². The largest absolute Gasteiger partial charge is 0.374 e. The highest BCUT2D eigenvalue weighted by Gasteiger charge is 2.09. The molecule has 0 aromatic carbocycles. The van der Waals surface area contributed by atoms with Crippen LogP contribution in [0.4, 0.5) is 0 Å². The van der Waals surface area contributed by atoms with Crippen molar-refractivity contribution in [1.82, 2.24) is 9.78 Å². The molecule has 0 saturated carbocycles. The Morgan fingerprint density at radius 1 is 1.38 bits per heavy atom. The molecule has 13 heavy (non-hydrogen) atoms. The van der Waals surface area contributed by atoms with Gasteiger partial charge in [0.2, 0.25) is 0 Å². The molecule has 0 bridgehead atoms. The summed E-state index contributed by atoms with van der Waals surface area (Å²) < 4.78 is 1.65. The van der Waals surface area contributed by atoms with Crippen molar-refractivity contribution < 1.29 is 5.11 Å². The third-order valence-corrected chi connectivity index (χ3v) is 2.45. The van der Waals surface area contributed by atoms with Gasteiger partial charge in [-0.1, -0.05) is 13.3 Å². The number of hydrogen-bond donors (Lipinski definition) is 1. The molecule has 3 nitrogen and oxygen atoms in total. The van der Waals surface area contributed by atoms with Crippen LogP contribution in [0, 0.1) is 13.8 Å². The third kappa shape index (κ3) is 2.10. The van der Waals surface area contributed by atoms with E-state index in [0.717, 1.165) is 17.8 Å². The van der Waals surface area contributed by atoms with Crippen LogP contribution in [-0.2, 0) is 13.2 Å². The lowest BCUT2D eigenvalue weighted by Gasteiger charge is -2.00. The zero-order valence-corrected chi connectivity index (χ0v) is 8.67. The van der Waals surface area contributed by atoms with Crippen molar-refractivity contribution in [3.63, 3.8) is 0 Å². The van der Waals surface area contributed by atoms with Crippen LogP contribution in [0.2, 0.25) is 0 Å². The molecule has 0 saturated heterocycles. The monoisotopic (exact) mass is 182 g/mol. The van der Waals surface area contributed by atoms with Crippen LogP contribution in [-0.4, -0.2) is 14.9 Å². The van der Waals surface area contributed by atoms with E-state index in [1.54, 1.807) is 4.68 Å². The summed E-state index contributed by atoms with van der Waals surface area (Å²) in [6, 6.07) is 0. The molecule has 0 unspecified atom stereocenters. The number of nitrogens with zero attached hydrogens (tertiary/aromatic N) is 2. The van der Waals surface area contributed by atoms with Gasteiger partial charge < -0.3 is 5.11 Å². The first-order valence-corrected chi connectivity index (χ1v) is 4.84. The van der Waals surface area contributed by atoms with Crippen LogP contribution in [0.3, 0.4) is 0 Å². The van der Waals surface area contributed by atoms with Crippen LogP contribution in [0.1, 0.15) is 36.7 Å². The molecule has 0 aliphatic carbocycles. The molecule has 74 valence electrons. The van der Waals surface area contributed by atoms with E-state index < -0.39 is 0 Å².